The predicted molar refractivity (Wildman–Crippen MR) is 83.5 cm³/mol. The lowest BCUT2D eigenvalue weighted by molar-refractivity contribution is -0.312. The average molecular weight is 469 g/mol. The molecule has 1 rings (SSSR count). The van der Waals surface area contributed by atoms with Crippen molar-refractivity contribution in [2.24, 2.45) is 0 Å². The van der Waals surface area contributed by atoms with Gasteiger partial charge < -0.3 is 19.9 Å². The third-order valence-corrected chi connectivity index (χ3v) is 3.15. The fourth-order valence-corrected chi connectivity index (χ4v) is 1.82. The molecule has 0 unspecified atom stereocenters. The molecule has 0 aromatic heterocycles. The Bertz CT molecular complexity index is 812. The molecular formula is C16H12F9NO5. The number of halogens is 9. The first kappa shape index (κ1) is 25.9. The Morgan fingerprint density at radius 3 is 1.87 bits per heavy atom. The SMILES string of the molecule is Cc1ccc(NC(=O)/C(C(=O)OC(C(F)(F)F)C(F)(F)F)=C(/O)OCC(F)(F)F)cc1. The Hall–Kier alpha value is -3.13. The van der Waals surface area contributed by atoms with E-state index in [2.05, 4.69) is 9.47 Å². The van der Waals surface area contributed by atoms with Gasteiger partial charge in [-0.2, -0.15) is 39.5 Å². The summed E-state index contributed by atoms with van der Waals surface area (Å²) in [5.74, 6) is -6.82. The van der Waals surface area contributed by atoms with E-state index >= 15 is 0 Å². The van der Waals surface area contributed by atoms with Gasteiger partial charge in [-0.1, -0.05) is 17.7 Å². The molecule has 0 saturated heterocycles. The number of esters is 1. The number of hydrogen-bond acceptors (Lipinski definition) is 5. The van der Waals surface area contributed by atoms with Gasteiger partial charge in [0, 0.05) is 5.69 Å². The fraction of sp³-hybridized carbons (Fsp3) is 0.375. The number of aliphatic hydroxyl groups excluding tert-OH is 1. The molecule has 0 heterocycles. The van der Waals surface area contributed by atoms with E-state index in [1.807, 2.05) is 0 Å². The highest BCUT2D eigenvalue weighted by molar-refractivity contribution is 6.21. The van der Waals surface area contributed by atoms with Crippen LogP contribution in [0.4, 0.5) is 45.2 Å². The third kappa shape index (κ3) is 8.25. The molecular weight excluding hydrogens is 457 g/mol. The number of alkyl halides is 9. The molecule has 15 heteroatoms. The first-order chi connectivity index (χ1) is 13.9. The van der Waals surface area contributed by atoms with Crippen LogP contribution in [0.15, 0.2) is 35.8 Å². The van der Waals surface area contributed by atoms with Gasteiger partial charge in [-0.3, -0.25) is 4.79 Å². The van der Waals surface area contributed by atoms with E-state index in [1.165, 1.54) is 24.3 Å². The summed E-state index contributed by atoms with van der Waals surface area (Å²) in [5, 5.41) is 11.3. The summed E-state index contributed by atoms with van der Waals surface area (Å²) >= 11 is 0. The lowest BCUT2D eigenvalue weighted by atomic mass is 10.2. The summed E-state index contributed by atoms with van der Waals surface area (Å²) in [6, 6.07) is 5.14. The molecule has 0 bridgehead atoms. The van der Waals surface area contributed by atoms with Crippen molar-refractivity contribution in [3.05, 3.63) is 41.3 Å². The molecule has 0 aliphatic heterocycles. The third-order valence-electron chi connectivity index (χ3n) is 3.15. The number of aliphatic hydroxyl groups is 1. The van der Waals surface area contributed by atoms with Crippen LogP contribution in [0.3, 0.4) is 0 Å². The fourth-order valence-electron chi connectivity index (χ4n) is 1.82. The number of amides is 1. The molecule has 0 radical (unpaired) electrons. The molecule has 0 saturated carbocycles. The minimum absolute atomic E-state index is 0.173. The maximum atomic E-state index is 12.6. The van der Waals surface area contributed by atoms with Crippen LogP contribution in [0.1, 0.15) is 5.56 Å². The average Bonchev–Trinajstić information content (AvgIpc) is 2.57. The van der Waals surface area contributed by atoms with Gasteiger partial charge in [0.15, 0.2) is 6.61 Å². The van der Waals surface area contributed by atoms with Crippen LogP contribution >= 0.6 is 0 Å². The van der Waals surface area contributed by atoms with E-state index in [4.69, 9.17) is 0 Å². The van der Waals surface area contributed by atoms with Crippen LogP contribution in [-0.4, -0.2) is 48.2 Å². The highest BCUT2D eigenvalue weighted by Gasteiger charge is 2.60. The Labute approximate surface area is 167 Å². The van der Waals surface area contributed by atoms with Gasteiger partial charge in [0.1, 0.15) is 0 Å². The van der Waals surface area contributed by atoms with Gasteiger partial charge in [-0.05, 0) is 19.1 Å². The molecule has 0 atom stereocenters. The number of aryl methyl sites for hydroxylation is 1. The Morgan fingerprint density at radius 2 is 1.45 bits per heavy atom. The number of benzene rings is 1. The van der Waals surface area contributed by atoms with Crippen LogP contribution in [0.25, 0.3) is 0 Å². The Kier molecular flexibility index (Phi) is 7.81. The highest BCUT2D eigenvalue weighted by atomic mass is 19.4. The first-order valence-corrected chi connectivity index (χ1v) is 7.77. The molecule has 0 fully saturated rings. The minimum Gasteiger partial charge on any atom is -0.480 e. The van der Waals surface area contributed by atoms with E-state index in [9.17, 15) is 54.2 Å². The topological polar surface area (TPSA) is 84.9 Å². The van der Waals surface area contributed by atoms with Crippen molar-refractivity contribution < 1.29 is 63.7 Å². The van der Waals surface area contributed by atoms with Gasteiger partial charge in [0.2, 0.25) is 5.57 Å². The summed E-state index contributed by atoms with van der Waals surface area (Å²) in [7, 11) is 0. The monoisotopic (exact) mass is 469 g/mol. The lowest BCUT2D eigenvalue weighted by Crippen LogP contribution is -2.46. The van der Waals surface area contributed by atoms with Crippen molar-refractivity contribution in [2.45, 2.75) is 31.6 Å². The van der Waals surface area contributed by atoms with Crippen molar-refractivity contribution in [1.29, 1.82) is 0 Å². The summed E-state index contributed by atoms with van der Waals surface area (Å²) in [6.07, 6.45) is -22.2. The molecule has 0 aliphatic carbocycles. The number of ether oxygens (including phenoxy) is 2. The van der Waals surface area contributed by atoms with Crippen LogP contribution < -0.4 is 5.32 Å². The standard InChI is InChI=1S/C16H12F9NO5/c1-7-2-4-8(5-3-7)26-10(27)9(11(28)30-6-14(17,18)19)12(29)31-13(15(20,21)22)16(23,24)25/h2-5,13,28H,6H2,1H3,(H,26,27)/b11-9+. The number of anilines is 1. The normalized spacial score (nSPS) is 13.5. The van der Waals surface area contributed by atoms with Gasteiger partial charge in [0.05, 0.1) is 0 Å². The Balaban J connectivity index is 3.29. The van der Waals surface area contributed by atoms with Gasteiger partial charge in [-0.25, -0.2) is 4.79 Å². The van der Waals surface area contributed by atoms with Crippen molar-refractivity contribution >= 4 is 17.6 Å². The zero-order valence-corrected chi connectivity index (χ0v) is 15.1. The molecule has 31 heavy (non-hydrogen) atoms. The van der Waals surface area contributed by atoms with Crippen LogP contribution in [0, 0.1) is 6.92 Å². The second-order valence-corrected chi connectivity index (χ2v) is 5.77. The molecule has 1 aromatic rings. The number of nitrogens with one attached hydrogen (secondary N) is 1. The van der Waals surface area contributed by atoms with Crippen molar-refractivity contribution in [1.82, 2.24) is 0 Å². The van der Waals surface area contributed by atoms with Crippen LogP contribution in [0.2, 0.25) is 0 Å². The van der Waals surface area contributed by atoms with E-state index in [0.717, 1.165) is 0 Å². The van der Waals surface area contributed by atoms with Crippen LogP contribution in [-0.2, 0) is 19.1 Å². The van der Waals surface area contributed by atoms with Gasteiger partial charge >= 0.3 is 24.5 Å². The molecule has 2 N–H and O–H groups in total. The smallest absolute Gasteiger partial charge is 0.434 e. The summed E-state index contributed by atoms with van der Waals surface area (Å²) < 4.78 is 119. The van der Waals surface area contributed by atoms with E-state index < -0.39 is 54.6 Å². The number of rotatable bonds is 6. The molecule has 0 aliphatic rings. The summed E-state index contributed by atoms with van der Waals surface area (Å²) in [4.78, 5) is 24.0. The van der Waals surface area contributed by atoms with Crippen LogP contribution in [0.5, 0.6) is 0 Å². The molecule has 174 valence electrons. The molecule has 6 nitrogen and oxygen atoms in total. The minimum atomic E-state index is -6.19. The van der Waals surface area contributed by atoms with Gasteiger partial charge in [0.25, 0.3) is 18.0 Å². The number of carbonyl (C=O) groups excluding carboxylic acids is 2. The summed E-state index contributed by atoms with van der Waals surface area (Å²) in [5.41, 5.74) is -1.57. The molecule has 0 spiro atoms. The van der Waals surface area contributed by atoms with E-state index in [0.29, 0.717) is 5.56 Å². The quantitative estimate of drug-likeness (QED) is 0.162. The van der Waals surface area contributed by atoms with Crippen molar-refractivity contribution in [3.8, 4) is 0 Å². The van der Waals surface area contributed by atoms with Crippen molar-refractivity contribution in [3.63, 3.8) is 0 Å². The van der Waals surface area contributed by atoms with Crippen molar-refractivity contribution in [2.75, 3.05) is 11.9 Å². The maximum absolute atomic E-state index is 12.6. The molecule has 1 aromatic carbocycles. The first-order valence-electron chi connectivity index (χ1n) is 7.77. The summed E-state index contributed by atoms with van der Waals surface area (Å²) in [6.45, 7) is -0.713. The van der Waals surface area contributed by atoms with Gasteiger partial charge in [-0.15, -0.1) is 0 Å². The van der Waals surface area contributed by atoms with E-state index in [-0.39, 0.29) is 5.69 Å². The number of hydrogen-bond donors (Lipinski definition) is 2. The lowest BCUT2D eigenvalue weighted by Gasteiger charge is -2.23. The number of carbonyl (C=O) groups is 2. The Morgan fingerprint density at radius 1 is 0.968 bits per heavy atom. The zero-order valence-electron chi connectivity index (χ0n) is 15.1. The largest absolute Gasteiger partial charge is 0.480 e. The zero-order chi connectivity index (χ0) is 24.2. The highest BCUT2D eigenvalue weighted by Crippen LogP contribution is 2.36. The molecule has 1 amide bonds. The second-order valence-electron chi connectivity index (χ2n) is 5.77. The second kappa shape index (κ2) is 9.34. The van der Waals surface area contributed by atoms with E-state index in [1.54, 1.807) is 12.2 Å². The maximum Gasteiger partial charge on any atom is 0.434 e. The predicted octanol–water partition coefficient (Wildman–Crippen LogP) is 4.32.